The summed E-state index contributed by atoms with van der Waals surface area (Å²) in [6.45, 7) is 0. The van der Waals surface area contributed by atoms with Gasteiger partial charge in [-0.2, -0.15) is 0 Å². The van der Waals surface area contributed by atoms with Crippen LogP contribution in [0.25, 0.3) is 0 Å². The summed E-state index contributed by atoms with van der Waals surface area (Å²) in [5, 5.41) is -0.140. The summed E-state index contributed by atoms with van der Waals surface area (Å²) in [5.41, 5.74) is 5.69. The molecule has 0 unspecified atom stereocenters. The van der Waals surface area contributed by atoms with Crippen molar-refractivity contribution in [2.75, 3.05) is 4.90 Å². The van der Waals surface area contributed by atoms with Gasteiger partial charge in [0.15, 0.2) is 0 Å². The van der Waals surface area contributed by atoms with E-state index in [1.54, 1.807) is 0 Å². The van der Waals surface area contributed by atoms with Crippen molar-refractivity contribution in [3.05, 3.63) is 29.0 Å². The zero-order chi connectivity index (χ0) is 11.9. The molecule has 0 saturated carbocycles. The molecule has 84 valence electrons. The minimum Gasteiger partial charge on any atom is -0.319 e. The van der Waals surface area contributed by atoms with Gasteiger partial charge in [0.05, 0.1) is 23.2 Å². The Morgan fingerprint density at radius 1 is 1.44 bits per heavy atom. The molecule has 2 amide bonds. The van der Waals surface area contributed by atoms with E-state index in [9.17, 15) is 14.0 Å². The summed E-state index contributed by atoms with van der Waals surface area (Å²) in [7, 11) is 0. The van der Waals surface area contributed by atoms with Gasteiger partial charge in [-0.25, -0.2) is 9.29 Å². The summed E-state index contributed by atoms with van der Waals surface area (Å²) in [4.78, 5) is 24.0. The highest BCUT2D eigenvalue weighted by molar-refractivity contribution is 6.31. The fraction of sp³-hybridized carbons (Fsp3) is 0.200. The molecule has 6 heteroatoms. The number of halogens is 2. The van der Waals surface area contributed by atoms with Crippen molar-refractivity contribution in [2.24, 2.45) is 5.73 Å². The third-order valence-electron chi connectivity index (χ3n) is 2.34. The summed E-state index contributed by atoms with van der Waals surface area (Å²) in [6, 6.07) is 2.82. The van der Waals surface area contributed by atoms with E-state index < -0.39 is 23.7 Å². The summed E-state index contributed by atoms with van der Waals surface area (Å²) in [6.07, 6.45) is -0.0339. The Labute approximate surface area is 95.8 Å². The predicted octanol–water partition coefficient (Wildman–Crippen LogP) is 1.07. The first kappa shape index (κ1) is 11.0. The number of carbonyl (C=O) groups is 2. The minimum atomic E-state index is -0.823. The summed E-state index contributed by atoms with van der Waals surface area (Å²) in [5.74, 6) is -1.50. The zero-order valence-electron chi connectivity index (χ0n) is 8.11. The Balaban J connectivity index is 2.41. The highest BCUT2D eigenvalue weighted by atomic mass is 35.5. The molecule has 0 radical (unpaired) electrons. The first-order valence-corrected chi connectivity index (χ1v) is 4.96. The Kier molecular flexibility index (Phi) is 2.65. The fourth-order valence-electron chi connectivity index (χ4n) is 1.55. The van der Waals surface area contributed by atoms with Crippen LogP contribution in [0.5, 0.6) is 0 Å². The molecule has 0 aliphatic carbocycles. The number of hydrogen-bond donors (Lipinski definition) is 1. The molecule has 1 saturated heterocycles. The Morgan fingerprint density at radius 2 is 2.12 bits per heavy atom. The molecule has 1 atom stereocenters. The predicted molar refractivity (Wildman–Crippen MR) is 56.5 cm³/mol. The van der Waals surface area contributed by atoms with Crippen LogP contribution in [0.4, 0.5) is 10.1 Å². The molecule has 1 heterocycles. The average Bonchev–Trinajstić information content (AvgIpc) is 2.47. The lowest BCUT2D eigenvalue weighted by molar-refractivity contribution is -0.121. The second-order valence-electron chi connectivity index (χ2n) is 3.48. The van der Waals surface area contributed by atoms with E-state index in [1.807, 2.05) is 0 Å². The molecular weight excluding hydrogens is 235 g/mol. The number of benzene rings is 1. The molecule has 1 fully saturated rings. The van der Waals surface area contributed by atoms with Gasteiger partial charge in [0.2, 0.25) is 5.91 Å². The number of nitrogens with zero attached hydrogens (tertiary/aromatic N) is 1. The van der Waals surface area contributed by atoms with Crippen molar-refractivity contribution in [3.8, 4) is 0 Å². The van der Waals surface area contributed by atoms with Gasteiger partial charge in [-0.3, -0.25) is 9.59 Å². The van der Waals surface area contributed by atoms with Crippen molar-refractivity contribution in [3.63, 3.8) is 0 Å². The van der Waals surface area contributed by atoms with Gasteiger partial charge in [-0.05, 0) is 18.2 Å². The van der Waals surface area contributed by atoms with Crippen LogP contribution in [-0.4, -0.2) is 17.9 Å². The largest absolute Gasteiger partial charge is 0.319 e. The van der Waals surface area contributed by atoms with Gasteiger partial charge in [-0.15, -0.1) is 0 Å². The molecule has 2 N–H and O–H groups in total. The molecular formula is C10H8ClFN2O2. The number of anilines is 1. The molecule has 1 aromatic carbocycles. The smallest absolute Gasteiger partial charge is 0.251 e. The van der Waals surface area contributed by atoms with E-state index in [1.165, 1.54) is 12.1 Å². The summed E-state index contributed by atoms with van der Waals surface area (Å²) < 4.78 is 12.9. The zero-order valence-corrected chi connectivity index (χ0v) is 8.87. The van der Waals surface area contributed by atoms with E-state index in [4.69, 9.17) is 17.3 Å². The second-order valence-corrected chi connectivity index (χ2v) is 3.88. The maximum Gasteiger partial charge on any atom is 0.251 e. The van der Waals surface area contributed by atoms with Crippen LogP contribution in [0.1, 0.15) is 6.42 Å². The number of hydrogen-bond acceptors (Lipinski definition) is 3. The fourth-order valence-corrected chi connectivity index (χ4v) is 1.73. The van der Waals surface area contributed by atoms with Gasteiger partial charge in [0, 0.05) is 0 Å². The average molecular weight is 243 g/mol. The number of imide groups is 1. The maximum absolute atomic E-state index is 12.9. The van der Waals surface area contributed by atoms with Crippen LogP contribution < -0.4 is 10.6 Å². The molecule has 1 aliphatic rings. The molecule has 0 spiro atoms. The lowest BCUT2D eigenvalue weighted by Gasteiger charge is -2.14. The monoisotopic (exact) mass is 242 g/mol. The third-order valence-corrected chi connectivity index (χ3v) is 2.63. The Hall–Kier alpha value is -1.46. The number of carbonyl (C=O) groups excluding carboxylic acids is 2. The number of rotatable bonds is 1. The second kappa shape index (κ2) is 3.84. The van der Waals surface area contributed by atoms with Gasteiger partial charge in [0.25, 0.3) is 5.91 Å². The van der Waals surface area contributed by atoms with Crippen molar-refractivity contribution in [1.29, 1.82) is 0 Å². The van der Waals surface area contributed by atoms with Gasteiger partial charge >= 0.3 is 0 Å². The summed E-state index contributed by atoms with van der Waals surface area (Å²) >= 11 is 5.57. The lowest BCUT2D eigenvalue weighted by Crippen LogP contribution is -2.35. The standard InChI is InChI=1S/C10H8ClFN2O2/c11-6-3-5(1-2-7(6)12)14-9(15)4-8(13)10(14)16/h1-3,8H,4,13H2/t8-/m0/s1. The Bertz CT molecular complexity index is 478. The molecule has 0 bridgehead atoms. The number of nitrogens with two attached hydrogens (primary N) is 1. The van der Waals surface area contributed by atoms with Crippen LogP contribution >= 0.6 is 11.6 Å². The van der Waals surface area contributed by atoms with Crippen LogP contribution in [0.3, 0.4) is 0 Å². The Morgan fingerprint density at radius 3 is 2.62 bits per heavy atom. The molecule has 16 heavy (non-hydrogen) atoms. The van der Waals surface area contributed by atoms with Crippen molar-refractivity contribution < 1.29 is 14.0 Å². The highest BCUT2D eigenvalue weighted by Crippen LogP contribution is 2.26. The molecule has 1 aromatic rings. The SMILES string of the molecule is N[C@H]1CC(=O)N(c2ccc(F)c(Cl)c2)C1=O. The van der Waals surface area contributed by atoms with Crippen LogP contribution in [-0.2, 0) is 9.59 Å². The molecule has 0 aromatic heterocycles. The van der Waals surface area contributed by atoms with Crippen molar-refractivity contribution >= 4 is 29.1 Å². The van der Waals surface area contributed by atoms with Crippen LogP contribution in [0.2, 0.25) is 5.02 Å². The normalized spacial score (nSPS) is 20.7. The van der Waals surface area contributed by atoms with E-state index in [0.29, 0.717) is 0 Å². The van der Waals surface area contributed by atoms with Gasteiger partial charge in [-0.1, -0.05) is 11.6 Å². The minimum absolute atomic E-state index is 0.0339. The van der Waals surface area contributed by atoms with E-state index in [-0.39, 0.29) is 17.1 Å². The van der Waals surface area contributed by atoms with Gasteiger partial charge in [0.1, 0.15) is 5.82 Å². The van der Waals surface area contributed by atoms with Crippen molar-refractivity contribution in [1.82, 2.24) is 0 Å². The first-order chi connectivity index (χ1) is 7.50. The quantitative estimate of drug-likeness (QED) is 0.750. The van der Waals surface area contributed by atoms with Crippen molar-refractivity contribution in [2.45, 2.75) is 12.5 Å². The first-order valence-electron chi connectivity index (χ1n) is 4.58. The topological polar surface area (TPSA) is 63.4 Å². The molecule has 2 rings (SSSR count). The van der Waals surface area contributed by atoms with E-state index in [0.717, 1.165) is 11.0 Å². The third kappa shape index (κ3) is 1.68. The maximum atomic E-state index is 12.9. The van der Waals surface area contributed by atoms with Gasteiger partial charge < -0.3 is 5.73 Å². The van der Waals surface area contributed by atoms with E-state index >= 15 is 0 Å². The molecule has 4 nitrogen and oxygen atoms in total. The van der Waals surface area contributed by atoms with E-state index in [2.05, 4.69) is 0 Å². The lowest BCUT2D eigenvalue weighted by atomic mass is 10.3. The molecule has 1 aliphatic heterocycles. The highest BCUT2D eigenvalue weighted by Gasteiger charge is 2.37. The van der Waals surface area contributed by atoms with Crippen LogP contribution in [0, 0.1) is 5.82 Å². The van der Waals surface area contributed by atoms with Crippen LogP contribution in [0.15, 0.2) is 18.2 Å². The number of amides is 2.